The van der Waals surface area contributed by atoms with E-state index >= 15 is 0 Å². The van der Waals surface area contributed by atoms with Crippen LogP contribution in [0.2, 0.25) is 5.28 Å². The Hall–Kier alpha value is 0.532. The first kappa shape index (κ1) is 15.5. The van der Waals surface area contributed by atoms with Gasteiger partial charge in [-0.15, -0.1) is 5.28 Å². The summed E-state index contributed by atoms with van der Waals surface area (Å²) in [6.07, 6.45) is 17.6. The summed E-state index contributed by atoms with van der Waals surface area (Å²) in [5.74, 6) is 0. The molecule has 0 atom stereocenters. The molecule has 0 aromatic carbocycles. The monoisotopic (exact) mass is 225 g/mol. The van der Waals surface area contributed by atoms with Gasteiger partial charge in [-0.3, -0.25) is 0 Å². The Bertz CT molecular complexity index is 89.5. The van der Waals surface area contributed by atoms with Gasteiger partial charge in [0.2, 0.25) is 0 Å². The molecule has 0 saturated carbocycles. The summed E-state index contributed by atoms with van der Waals surface area (Å²) in [4.78, 5) is 0. The first-order valence-electron chi connectivity index (χ1n) is 7.21. The van der Waals surface area contributed by atoms with Crippen molar-refractivity contribution >= 4 is 16.3 Å². The van der Waals surface area contributed by atoms with Crippen LogP contribution < -0.4 is 0 Å². The highest BCUT2D eigenvalue weighted by atomic mass is 27.0. The fraction of sp³-hybridized carbons (Fsp3) is 1.00. The van der Waals surface area contributed by atoms with Gasteiger partial charge in [-0.05, 0) is 0 Å². The summed E-state index contributed by atoms with van der Waals surface area (Å²) in [5.41, 5.74) is 0. The van der Waals surface area contributed by atoms with Gasteiger partial charge in [0.15, 0.2) is 16.3 Å². The molecule has 0 N–H and O–H groups in total. The second-order valence-corrected chi connectivity index (χ2v) is 5.45. The molecular weight excluding hydrogens is 195 g/mol. The van der Waals surface area contributed by atoms with E-state index in [-0.39, 0.29) is 0 Å². The molecule has 0 fully saturated rings. The molecule has 15 heavy (non-hydrogen) atoms. The van der Waals surface area contributed by atoms with Crippen molar-refractivity contribution in [3.05, 3.63) is 0 Å². The minimum Gasteiger partial charge on any atom is -0.109 e. The first-order chi connectivity index (χ1) is 7.41. The van der Waals surface area contributed by atoms with Gasteiger partial charge in [0.05, 0.1) is 0 Å². The van der Waals surface area contributed by atoms with Crippen molar-refractivity contribution in [2.45, 2.75) is 89.3 Å². The zero-order valence-electron chi connectivity index (χ0n) is 10.9. The molecule has 0 aliphatic heterocycles. The van der Waals surface area contributed by atoms with Crippen molar-refractivity contribution in [1.82, 2.24) is 0 Å². The lowest BCUT2D eigenvalue weighted by atomic mass is 10.1. The van der Waals surface area contributed by atoms with Gasteiger partial charge in [0, 0.05) is 0 Å². The maximum atomic E-state index is 2.29. The summed E-state index contributed by atoms with van der Waals surface area (Å²) in [7, 11) is 0. The van der Waals surface area contributed by atoms with Crippen LogP contribution in [0.3, 0.4) is 0 Å². The Morgan fingerprint density at radius 2 is 0.867 bits per heavy atom. The van der Waals surface area contributed by atoms with Crippen molar-refractivity contribution in [2.75, 3.05) is 0 Å². The third-order valence-electron chi connectivity index (χ3n) is 3.10. The minimum absolute atomic E-state index is 1.37. The average molecular weight is 225 g/mol. The van der Waals surface area contributed by atoms with Crippen LogP contribution in [-0.4, -0.2) is 16.3 Å². The lowest BCUT2D eigenvalue weighted by Crippen LogP contribution is -1.82. The Labute approximate surface area is 106 Å². The second-order valence-electron chi connectivity index (χ2n) is 4.74. The summed E-state index contributed by atoms with van der Waals surface area (Å²) in [6, 6.07) is 0. The van der Waals surface area contributed by atoms with Crippen LogP contribution in [0.25, 0.3) is 0 Å². The SMILES string of the molecule is CCCCCCCCCCCCC[CH2][AlH]. The fourth-order valence-corrected chi connectivity index (χ4v) is 2.37. The van der Waals surface area contributed by atoms with Gasteiger partial charge in [0.25, 0.3) is 0 Å². The highest BCUT2D eigenvalue weighted by Gasteiger charge is 1.92. The van der Waals surface area contributed by atoms with Crippen molar-refractivity contribution in [1.29, 1.82) is 0 Å². The Balaban J connectivity index is 2.81. The van der Waals surface area contributed by atoms with Gasteiger partial charge >= 0.3 is 0 Å². The predicted molar refractivity (Wildman–Crippen MR) is 73.0 cm³/mol. The fourth-order valence-electron chi connectivity index (χ4n) is 2.02. The Morgan fingerprint density at radius 3 is 1.20 bits per heavy atom. The lowest BCUT2D eigenvalue weighted by molar-refractivity contribution is 0.548. The van der Waals surface area contributed by atoms with Crippen LogP contribution in [0.1, 0.15) is 84.0 Å². The summed E-state index contributed by atoms with van der Waals surface area (Å²) in [6.45, 7) is 2.29. The normalized spacial score (nSPS) is 10.7. The van der Waals surface area contributed by atoms with E-state index in [1.54, 1.807) is 0 Å². The average Bonchev–Trinajstić information content (AvgIpc) is 2.26. The second kappa shape index (κ2) is 14.5. The number of hydrogen-bond acceptors (Lipinski definition) is 0. The van der Waals surface area contributed by atoms with Crippen LogP contribution in [0.5, 0.6) is 0 Å². The highest BCUT2D eigenvalue weighted by Crippen LogP contribution is 2.11. The van der Waals surface area contributed by atoms with Crippen molar-refractivity contribution in [2.24, 2.45) is 0 Å². The van der Waals surface area contributed by atoms with E-state index in [4.69, 9.17) is 0 Å². The molecule has 0 saturated heterocycles. The predicted octanol–water partition coefficient (Wildman–Crippen LogP) is 5.01. The van der Waals surface area contributed by atoms with E-state index in [0.29, 0.717) is 0 Å². The van der Waals surface area contributed by atoms with E-state index in [1.165, 1.54) is 82.3 Å². The topological polar surface area (TPSA) is 0 Å². The first-order valence-corrected chi connectivity index (χ1v) is 8.21. The zero-order valence-corrected chi connectivity index (χ0v) is 12.3. The van der Waals surface area contributed by atoms with Crippen molar-refractivity contribution in [3.8, 4) is 0 Å². The molecule has 0 aromatic rings. The third kappa shape index (κ3) is 14.5. The molecule has 0 unspecified atom stereocenters. The maximum absolute atomic E-state index is 2.29. The van der Waals surface area contributed by atoms with Crippen LogP contribution in [-0.2, 0) is 0 Å². The number of hydrogen-bond donors (Lipinski definition) is 0. The molecule has 0 nitrogen and oxygen atoms in total. The van der Waals surface area contributed by atoms with Crippen LogP contribution in [0.15, 0.2) is 0 Å². The van der Waals surface area contributed by atoms with E-state index < -0.39 is 0 Å². The molecule has 0 rings (SSSR count). The van der Waals surface area contributed by atoms with Crippen molar-refractivity contribution < 1.29 is 0 Å². The molecule has 1 heteroatoms. The molecule has 0 aliphatic rings. The van der Waals surface area contributed by atoms with Crippen molar-refractivity contribution in [3.63, 3.8) is 0 Å². The Morgan fingerprint density at radius 1 is 0.533 bits per heavy atom. The molecule has 1 radical (unpaired) electrons. The zero-order chi connectivity index (χ0) is 11.2. The molecule has 0 spiro atoms. The third-order valence-corrected chi connectivity index (χ3v) is 3.60. The van der Waals surface area contributed by atoms with Gasteiger partial charge in [-0.1, -0.05) is 84.0 Å². The molecule has 0 amide bonds. The molecule has 0 aliphatic carbocycles. The standard InChI is InChI=1S/C14H29.Al.H/c1-3-5-7-9-11-13-14-12-10-8-6-4-2;;/h1,3-14H2,2H3;;. The molecular formula is C14H30Al. The summed E-state index contributed by atoms with van der Waals surface area (Å²) >= 11 is 2.11. The van der Waals surface area contributed by atoms with Crippen LogP contribution >= 0.6 is 0 Å². The Kier molecular flexibility index (Phi) is 15.0. The molecule has 0 bridgehead atoms. The van der Waals surface area contributed by atoms with Crippen LogP contribution in [0, 0.1) is 0 Å². The van der Waals surface area contributed by atoms with Crippen LogP contribution in [0.4, 0.5) is 0 Å². The van der Waals surface area contributed by atoms with Gasteiger partial charge < -0.3 is 0 Å². The van der Waals surface area contributed by atoms with Gasteiger partial charge in [-0.2, -0.15) is 0 Å². The van der Waals surface area contributed by atoms with E-state index in [0.717, 1.165) is 0 Å². The summed E-state index contributed by atoms with van der Waals surface area (Å²) in [5, 5.41) is 1.40. The minimum atomic E-state index is 1.37. The highest BCUT2D eigenvalue weighted by molar-refractivity contribution is 6.08. The maximum Gasteiger partial charge on any atom is 0.173 e. The number of rotatable bonds is 12. The molecule has 0 heterocycles. The van der Waals surface area contributed by atoms with Gasteiger partial charge in [0.1, 0.15) is 0 Å². The summed E-state index contributed by atoms with van der Waals surface area (Å²) < 4.78 is 0. The molecule has 0 aromatic heterocycles. The number of unbranched alkanes of at least 4 members (excludes halogenated alkanes) is 11. The van der Waals surface area contributed by atoms with Gasteiger partial charge in [-0.25, -0.2) is 0 Å². The largest absolute Gasteiger partial charge is 0.173 e. The smallest absolute Gasteiger partial charge is 0.109 e. The molecule has 89 valence electrons. The lowest BCUT2D eigenvalue weighted by Gasteiger charge is -2.01. The van der Waals surface area contributed by atoms with E-state index in [1.807, 2.05) is 0 Å². The van der Waals surface area contributed by atoms with E-state index in [9.17, 15) is 0 Å². The quantitative estimate of drug-likeness (QED) is 0.323. The van der Waals surface area contributed by atoms with E-state index in [2.05, 4.69) is 23.2 Å².